The number of hydrogen-bond acceptors (Lipinski definition) is 3. The molecule has 0 aromatic rings. The third-order valence-electron chi connectivity index (χ3n) is 2.65. The van der Waals surface area contributed by atoms with Crippen molar-refractivity contribution in [2.24, 2.45) is 0 Å². The van der Waals surface area contributed by atoms with Gasteiger partial charge < -0.3 is 4.90 Å². The van der Waals surface area contributed by atoms with Crippen molar-refractivity contribution < 1.29 is 13.2 Å². The summed E-state index contributed by atoms with van der Waals surface area (Å²) in [5.41, 5.74) is 0.280. The predicted molar refractivity (Wildman–Crippen MR) is 68.1 cm³/mol. The molecule has 94 valence electrons. The van der Waals surface area contributed by atoms with Gasteiger partial charge in [-0.2, -0.15) is 0 Å². The molecule has 1 fully saturated rings. The zero-order chi connectivity index (χ0) is 13.1. The van der Waals surface area contributed by atoms with E-state index in [2.05, 4.69) is 13.2 Å². The van der Waals surface area contributed by atoms with Gasteiger partial charge in [0.15, 0.2) is 9.84 Å². The number of hydrogen-bond donors (Lipinski definition) is 0. The van der Waals surface area contributed by atoms with Crippen molar-refractivity contribution in [3.8, 4) is 0 Å². The smallest absolute Gasteiger partial charge is 0.253 e. The molecule has 1 aliphatic heterocycles. The third-order valence-corrected chi connectivity index (χ3v) is 3.72. The molecule has 1 amide bonds. The molecule has 0 radical (unpaired) electrons. The highest BCUT2D eigenvalue weighted by Gasteiger charge is 2.20. The molecule has 0 aromatic heterocycles. The summed E-state index contributed by atoms with van der Waals surface area (Å²) in [5.74, 6) is -0.178. The highest BCUT2D eigenvalue weighted by atomic mass is 32.2. The average molecular weight is 255 g/mol. The van der Waals surface area contributed by atoms with E-state index in [1.165, 1.54) is 12.2 Å². The Labute approximate surface area is 102 Å². The number of allylic oxidation sites excluding steroid dienone is 1. The van der Waals surface area contributed by atoms with Gasteiger partial charge in [0.25, 0.3) is 5.91 Å². The van der Waals surface area contributed by atoms with Crippen LogP contribution in [0.2, 0.25) is 0 Å². The second-order valence-electron chi connectivity index (χ2n) is 4.04. The molecule has 0 atom stereocenters. The first-order valence-corrected chi connectivity index (χ1v) is 7.28. The van der Waals surface area contributed by atoms with Crippen LogP contribution in [0.4, 0.5) is 0 Å². The topological polar surface area (TPSA) is 54.5 Å². The van der Waals surface area contributed by atoms with Crippen molar-refractivity contribution in [3.05, 3.63) is 35.8 Å². The number of rotatable bonds is 4. The van der Waals surface area contributed by atoms with Crippen LogP contribution in [0.1, 0.15) is 12.8 Å². The van der Waals surface area contributed by atoms with Crippen LogP contribution in [0.3, 0.4) is 0 Å². The molecular weight excluding hydrogens is 238 g/mol. The van der Waals surface area contributed by atoms with E-state index in [9.17, 15) is 13.2 Å². The molecule has 1 aliphatic rings. The molecule has 17 heavy (non-hydrogen) atoms. The van der Waals surface area contributed by atoms with Crippen molar-refractivity contribution in [1.82, 2.24) is 4.90 Å². The van der Waals surface area contributed by atoms with Crippen LogP contribution in [0.25, 0.3) is 0 Å². The largest absolute Gasteiger partial charge is 0.339 e. The Balaban J connectivity index is 2.91. The molecular formula is C12H17NO3S. The number of nitrogens with zero attached hydrogens (tertiary/aromatic N) is 1. The van der Waals surface area contributed by atoms with Gasteiger partial charge in [0, 0.05) is 24.9 Å². The van der Waals surface area contributed by atoms with E-state index in [4.69, 9.17) is 0 Å². The van der Waals surface area contributed by atoms with Gasteiger partial charge in [-0.1, -0.05) is 19.2 Å². The lowest BCUT2D eigenvalue weighted by atomic mass is 10.2. The zero-order valence-corrected chi connectivity index (χ0v) is 10.8. The first-order chi connectivity index (χ1) is 7.86. The van der Waals surface area contributed by atoms with Crippen molar-refractivity contribution in [3.63, 3.8) is 0 Å². The minimum absolute atomic E-state index is 0.0695. The van der Waals surface area contributed by atoms with E-state index in [1.807, 2.05) is 0 Å². The summed E-state index contributed by atoms with van der Waals surface area (Å²) < 4.78 is 22.4. The van der Waals surface area contributed by atoms with E-state index >= 15 is 0 Å². The lowest BCUT2D eigenvalue weighted by Gasteiger charge is -2.15. The second-order valence-corrected chi connectivity index (χ2v) is 6.11. The molecule has 0 unspecified atom stereocenters. The molecule has 0 N–H and O–H groups in total. The summed E-state index contributed by atoms with van der Waals surface area (Å²) >= 11 is 0. The van der Waals surface area contributed by atoms with Gasteiger partial charge in [0.1, 0.15) is 0 Å². The lowest BCUT2D eigenvalue weighted by molar-refractivity contribution is -0.125. The van der Waals surface area contributed by atoms with Gasteiger partial charge in [-0.05, 0) is 18.9 Å². The Kier molecular flexibility index (Phi) is 4.28. The van der Waals surface area contributed by atoms with Crippen LogP contribution >= 0.6 is 0 Å². The molecule has 0 bridgehead atoms. The maximum atomic E-state index is 12.0. The fraction of sp³-hybridized carbons (Fsp3) is 0.417. The Morgan fingerprint density at radius 3 is 2.24 bits per heavy atom. The average Bonchev–Trinajstić information content (AvgIpc) is 2.76. The first-order valence-electron chi connectivity index (χ1n) is 5.38. The second kappa shape index (κ2) is 5.31. The molecule has 0 aliphatic carbocycles. The van der Waals surface area contributed by atoms with Crippen LogP contribution in [0.15, 0.2) is 35.8 Å². The fourth-order valence-electron chi connectivity index (χ4n) is 1.59. The maximum Gasteiger partial charge on any atom is 0.253 e. The van der Waals surface area contributed by atoms with E-state index in [1.54, 1.807) is 4.90 Å². The summed E-state index contributed by atoms with van der Waals surface area (Å²) in [7, 11) is -3.35. The number of likely N-dealkylation sites (tertiary alicyclic amines) is 1. The quantitative estimate of drug-likeness (QED) is 0.561. The summed E-state index contributed by atoms with van der Waals surface area (Å²) in [6.07, 6.45) is 5.69. The molecule has 4 nitrogen and oxygen atoms in total. The third kappa shape index (κ3) is 3.56. The Morgan fingerprint density at radius 1 is 1.29 bits per heavy atom. The zero-order valence-electron chi connectivity index (χ0n) is 9.98. The fourth-order valence-corrected chi connectivity index (χ4v) is 1.93. The number of carbonyl (C=O) groups excluding carboxylic acids is 1. The van der Waals surface area contributed by atoms with Crippen LogP contribution in [0.5, 0.6) is 0 Å². The van der Waals surface area contributed by atoms with Crippen molar-refractivity contribution >= 4 is 15.7 Å². The lowest BCUT2D eigenvalue weighted by Crippen LogP contribution is -2.28. The van der Waals surface area contributed by atoms with E-state index in [-0.39, 0.29) is 16.4 Å². The molecule has 1 rings (SSSR count). The highest BCUT2D eigenvalue weighted by molar-refractivity contribution is 7.94. The van der Waals surface area contributed by atoms with Crippen LogP contribution in [-0.2, 0) is 14.6 Å². The van der Waals surface area contributed by atoms with E-state index in [0.717, 1.165) is 32.2 Å². The van der Waals surface area contributed by atoms with Gasteiger partial charge in [-0.3, -0.25) is 4.79 Å². The number of carbonyl (C=O) groups is 1. The highest BCUT2D eigenvalue weighted by Crippen LogP contribution is 2.15. The summed E-state index contributed by atoms with van der Waals surface area (Å²) in [6, 6.07) is 0. The van der Waals surface area contributed by atoms with Gasteiger partial charge in [0.05, 0.1) is 4.91 Å². The Hall–Kier alpha value is -1.36. The molecule has 1 heterocycles. The molecule has 5 heteroatoms. The standard InChI is InChI=1S/C12H17NO3S/c1-4-11(9-10(2)17(3,15)16)12(14)13-7-5-6-8-13/h4,9H,1-2,5-8H2,3H3/b11-9+. The minimum Gasteiger partial charge on any atom is -0.339 e. The Morgan fingerprint density at radius 2 is 1.82 bits per heavy atom. The maximum absolute atomic E-state index is 12.0. The predicted octanol–water partition coefficient (Wildman–Crippen LogP) is 1.28. The minimum atomic E-state index is -3.35. The molecule has 0 saturated carbocycles. The molecule has 0 spiro atoms. The SMILES string of the molecule is C=C/C(=C\C(=C)S(C)(=O)=O)C(=O)N1CCCC1. The van der Waals surface area contributed by atoms with Crippen LogP contribution in [-0.4, -0.2) is 38.6 Å². The van der Waals surface area contributed by atoms with Crippen molar-refractivity contribution in [2.75, 3.05) is 19.3 Å². The van der Waals surface area contributed by atoms with Crippen molar-refractivity contribution in [2.45, 2.75) is 12.8 Å². The van der Waals surface area contributed by atoms with Crippen molar-refractivity contribution in [1.29, 1.82) is 0 Å². The molecule has 0 aromatic carbocycles. The Bertz CT molecular complexity index is 468. The molecule has 1 saturated heterocycles. The van der Waals surface area contributed by atoms with Gasteiger partial charge >= 0.3 is 0 Å². The normalized spacial score (nSPS) is 17.0. The number of sulfone groups is 1. The summed E-state index contributed by atoms with van der Waals surface area (Å²) in [4.78, 5) is 13.6. The van der Waals surface area contributed by atoms with Crippen LogP contribution in [0, 0.1) is 0 Å². The number of amides is 1. The van der Waals surface area contributed by atoms with Gasteiger partial charge in [0.2, 0.25) is 0 Å². The van der Waals surface area contributed by atoms with E-state index < -0.39 is 9.84 Å². The van der Waals surface area contributed by atoms with Gasteiger partial charge in [-0.25, -0.2) is 8.42 Å². The van der Waals surface area contributed by atoms with E-state index in [0.29, 0.717) is 0 Å². The monoisotopic (exact) mass is 255 g/mol. The summed E-state index contributed by atoms with van der Waals surface area (Å²) in [5, 5.41) is 0. The summed E-state index contributed by atoms with van der Waals surface area (Å²) in [6.45, 7) is 8.41. The van der Waals surface area contributed by atoms with Crippen LogP contribution < -0.4 is 0 Å². The van der Waals surface area contributed by atoms with Gasteiger partial charge in [-0.15, -0.1) is 0 Å². The first kappa shape index (κ1) is 13.7.